The summed E-state index contributed by atoms with van der Waals surface area (Å²) in [6.07, 6.45) is 6.96. The predicted octanol–water partition coefficient (Wildman–Crippen LogP) is 2.94. The summed E-state index contributed by atoms with van der Waals surface area (Å²) in [5, 5.41) is 0. The van der Waals surface area contributed by atoms with Crippen molar-refractivity contribution in [2.75, 3.05) is 11.4 Å². The van der Waals surface area contributed by atoms with Crippen LogP contribution >= 0.6 is 0 Å². The highest BCUT2D eigenvalue weighted by atomic mass is 19.2. The number of anilines is 1. The summed E-state index contributed by atoms with van der Waals surface area (Å²) in [4.78, 5) is 36.8. The zero-order valence-corrected chi connectivity index (χ0v) is 18.0. The standard InChI is InChI=1S/C23H22F3N5O2/c1-13-6-17(10-27-9-13)31-22(32)28-21(29-11-14-2-4-16(29)5-3-14)30(23(31)33)12-15-7-18(24)20(26)19(25)8-15/h6-10,14,16H,2-5,11-12H2,1H3. The molecule has 10 heteroatoms. The minimum Gasteiger partial charge on any atom is -0.339 e. The van der Waals surface area contributed by atoms with Crippen molar-refractivity contribution in [2.24, 2.45) is 5.92 Å². The SMILES string of the molecule is Cc1cncc(-n2c(=O)nc(N3CC4CCC3CC4)n(Cc3cc(F)c(F)c(F)c3)c2=O)c1. The fraction of sp³-hybridized carbons (Fsp3) is 0.391. The average Bonchev–Trinajstić information content (AvgIpc) is 2.80. The number of aryl methyl sites for hydroxylation is 1. The number of aromatic nitrogens is 4. The van der Waals surface area contributed by atoms with Crippen LogP contribution in [0.3, 0.4) is 0 Å². The van der Waals surface area contributed by atoms with Crippen LogP contribution in [0.5, 0.6) is 0 Å². The van der Waals surface area contributed by atoms with Gasteiger partial charge in [-0.25, -0.2) is 27.3 Å². The molecule has 3 aromatic rings. The van der Waals surface area contributed by atoms with Gasteiger partial charge in [0.2, 0.25) is 5.95 Å². The minimum atomic E-state index is -1.58. The molecule has 0 N–H and O–H groups in total. The molecule has 3 aliphatic rings. The van der Waals surface area contributed by atoms with Crippen LogP contribution < -0.4 is 16.3 Å². The minimum absolute atomic E-state index is 0.0475. The Kier molecular flexibility index (Phi) is 5.30. The first-order valence-electron chi connectivity index (χ1n) is 10.9. The number of rotatable bonds is 4. The highest BCUT2D eigenvalue weighted by Gasteiger charge is 2.36. The molecule has 0 amide bonds. The lowest BCUT2D eigenvalue weighted by Crippen LogP contribution is -2.53. The first kappa shape index (κ1) is 21.4. The first-order valence-corrected chi connectivity index (χ1v) is 10.9. The quantitative estimate of drug-likeness (QED) is 0.564. The van der Waals surface area contributed by atoms with Gasteiger partial charge in [0, 0.05) is 18.8 Å². The molecule has 0 radical (unpaired) electrons. The molecule has 6 rings (SSSR count). The van der Waals surface area contributed by atoms with Crippen molar-refractivity contribution in [3.05, 3.63) is 80.1 Å². The van der Waals surface area contributed by atoms with Crippen LogP contribution in [0.15, 0.2) is 40.2 Å². The van der Waals surface area contributed by atoms with Crippen LogP contribution in [-0.2, 0) is 6.54 Å². The fourth-order valence-electron chi connectivity index (χ4n) is 4.92. The molecule has 3 fully saturated rings. The van der Waals surface area contributed by atoms with Gasteiger partial charge in [0.1, 0.15) is 0 Å². The molecule has 1 aromatic carbocycles. The van der Waals surface area contributed by atoms with E-state index in [1.54, 1.807) is 19.2 Å². The first-order chi connectivity index (χ1) is 15.8. The van der Waals surface area contributed by atoms with Crippen molar-refractivity contribution in [1.82, 2.24) is 19.1 Å². The summed E-state index contributed by atoms with van der Waals surface area (Å²) in [6, 6.07) is 3.45. The van der Waals surface area contributed by atoms with Crippen LogP contribution in [0.2, 0.25) is 0 Å². The summed E-state index contributed by atoms with van der Waals surface area (Å²) >= 11 is 0. The van der Waals surface area contributed by atoms with E-state index in [0.717, 1.165) is 47.9 Å². The maximum Gasteiger partial charge on any atom is 0.359 e. The van der Waals surface area contributed by atoms with Crippen LogP contribution in [0.4, 0.5) is 19.1 Å². The number of hydrogen-bond donors (Lipinski definition) is 0. The highest BCUT2D eigenvalue weighted by molar-refractivity contribution is 5.38. The summed E-state index contributed by atoms with van der Waals surface area (Å²) in [5.74, 6) is -3.67. The van der Waals surface area contributed by atoms with E-state index in [1.807, 2.05) is 4.90 Å². The van der Waals surface area contributed by atoms with Crippen molar-refractivity contribution in [2.45, 2.75) is 45.2 Å². The van der Waals surface area contributed by atoms with E-state index in [4.69, 9.17) is 0 Å². The van der Waals surface area contributed by atoms with Gasteiger partial charge in [-0.1, -0.05) is 0 Å². The second-order valence-electron chi connectivity index (χ2n) is 8.82. The van der Waals surface area contributed by atoms with E-state index >= 15 is 0 Å². The Hall–Kier alpha value is -3.43. The molecule has 1 saturated carbocycles. The van der Waals surface area contributed by atoms with Gasteiger partial charge in [0.15, 0.2) is 17.5 Å². The molecule has 0 unspecified atom stereocenters. The van der Waals surface area contributed by atoms with E-state index in [9.17, 15) is 22.8 Å². The molecule has 2 bridgehead atoms. The smallest absolute Gasteiger partial charge is 0.339 e. The van der Waals surface area contributed by atoms with Crippen molar-refractivity contribution in [1.29, 1.82) is 0 Å². The predicted molar refractivity (Wildman–Crippen MR) is 115 cm³/mol. The number of pyridine rings is 1. The lowest BCUT2D eigenvalue weighted by Gasteiger charge is -2.46. The molecule has 0 spiro atoms. The molecule has 2 aromatic heterocycles. The van der Waals surface area contributed by atoms with Gasteiger partial charge >= 0.3 is 11.4 Å². The van der Waals surface area contributed by atoms with Crippen LogP contribution in [0, 0.1) is 30.3 Å². The van der Waals surface area contributed by atoms with Crippen molar-refractivity contribution in [3.63, 3.8) is 0 Å². The molecule has 172 valence electrons. The molecule has 1 aliphatic carbocycles. The van der Waals surface area contributed by atoms with Gasteiger partial charge in [-0.15, -0.1) is 0 Å². The van der Waals surface area contributed by atoms with Crippen molar-refractivity contribution < 1.29 is 13.2 Å². The fourth-order valence-corrected chi connectivity index (χ4v) is 4.92. The third-order valence-electron chi connectivity index (χ3n) is 6.52. The maximum absolute atomic E-state index is 13.9. The monoisotopic (exact) mass is 457 g/mol. The third kappa shape index (κ3) is 3.83. The maximum atomic E-state index is 13.9. The van der Waals surface area contributed by atoms with E-state index in [0.29, 0.717) is 12.5 Å². The van der Waals surface area contributed by atoms with Crippen molar-refractivity contribution in [3.8, 4) is 5.69 Å². The largest absolute Gasteiger partial charge is 0.359 e. The lowest BCUT2D eigenvalue weighted by molar-refractivity contribution is 0.246. The molecule has 33 heavy (non-hydrogen) atoms. The van der Waals surface area contributed by atoms with Gasteiger partial charge in [-0.2, -0.15) is 4.98 Å². The molecule has 2 saturated heterocycles. The Morgan fingerprint density at radius 3 is 2.30 bits per heavy atom. The van der Waals surface area contributed by atoms with Gasteiger partial charge < -0.3 is 4.90 Å². The van der Waals surface area contributed by atoms with E-state index < -0.39 is 28.8 Å². The molecule has 7 nitrogen and oxygen atoms in total. The van der Waals surface area contributed by atoms with Crippen molar-refractivity contribution >= 4 is 5.95 Å². The second-order valence-corrected chi connectivity index (χ2v) is 8.82. The number of piperidine rings is 2. The third-order valence-corrected chi connectivity index (χ3v) is 6.52. The molecule has 4 heterocycles. The summed E-state index contributed by atoms with van der Waals surface area (Å²) in [6.45, 7) is 2.15. The van der Waals surface area contributed by atoms with E-state index in [2.05, 4.69) is 9.97 Å². The average molecular weight is 457 g/mol. The highest BCUT2D eigenvalue weighted by Crippen LogP contribution is 2.36. The summed E-state index contributed by atoms with van der Waals surface area (Å²) in [5.41, 5.74) is -0.424. The molecule has 2 aliphatic heterocycles. The van der Waals surface area contributed by atoms with E-state index in [-0.39, 0.29) is 29.8 Å². The Balaban J connectivity index is 1.69. The van der Waals surface area contributed by atoms with Gasteiger partial charge in [-0.05, 0) is 67.9 Å². The van der Waals surface area contributed by atoms with Gasteiger partial charge in [-0.3, -0.25) is 9.55 Å². The number of hydrogen-bond acceptors (Lipinski definition) is 5. The normalized spacial score (nSPS) is 19.8. The number of benzene rings is 1. The lowest BCUT2D eigenvalue weighted by atomic mass is 9.80. The summed E-state index contributed by atoms with van der Waals surface area (Å²) in [7, 11) is 0. The van der Waals surface area contributed by atoms with Crippen LogP contribution in [0.1, 0.15) is 36.8 Å². The number of fused-ring (bicyclic) bond motifs is 3. The number of halogens is 3. The molecule has 0 atom stereocenters. The zero-order chi connectivity index (χ0) is 23.3. The Morgan fingerprint density at radius 1 is 1.00 bits per heavy atom. The Bertz CT molecular complexity index is 1320. The van der Waals surface area contributed by atoms with Crippen LogP contribution in [0.25, 0.3) is 5.69 Å². The van der Waals surface area contributed by atoms with E-state index in [1.165, 1.54) is 10.8 Å². The zero-order valence-electron chi connectivity index (χ0n) is 18.0. The second kappa shape index (κ2) is 8.17. The number of nitrogens with zero attached hydrogens (tertiary/aromatic N) is 5. The Morgan fingerprint density at radius 2 is 1.70 bits per heavy atom. The van der Waals surface area contributed by atoms with Crippen LogP contribution in [-0.4, -0.2) is 31.7 Å². The van der Waals surface area contributed by atoms with Gasteiger partial charge in [0.25, 0.3) is 0 Å². The molecular weight excluding hydrogens is 435 g/mol. The Labute approximate surface area is 187 Å². The molecular formula is C23H22F3N5O2. The topological polar surface area (TPSA) is 73.0 Å². The van der Waals surface area contributed by atoms with Gasteiger partial charge in [0.05, 0.1) is 18.4 Å². The summed E-state index contributed by atoms with van der Waals surface area (Å²) < 4.78 is 43.4.